The summed E-state index contributed by atoms with van der Waals surface area (Å²) in [4.78, 5) is 4.64. The molecule has 1 aliphatic rings. The van der Waals surface area contributed by atoms with Crippen LogP contribution in [-0.2, 0) is 15.4 Å². The molecule has 22 heavy (non-hydrogen) atoms. The van der Waals surface area contributed by atoms with Crippen molar-refractivity contribution < 1.29 is 13.5 Å². The van der Waals surface area contributed by atoms with Crippen molar-refractivity contribution in [2.24, 2.45) is 0 Å². The van der Waals surface area contributed by atoms with Crippen LogP contribution in [0.1, 0.15) is 37.9 Å². The van der Waals surface area contributed by atoms with E-state index in [0.29, 0.717) is 18.7 Å². The quantitative estimate of drug-likeness (QED) is 0.943. The Morgan fingerprint density at radius 1 is 1.14 bits per heavy atom. The van der Waals surface area contributed by atoms with E-state index in [1.165, 1.54) is 6.26 Å². The van der Waals surface area contributed by atoms with Crippen LogP contribution in [0.3, 0.4) is 0 Å². The maximum atomic E-state index is 11.5. The monoisotopic (exact) mass is 320 g/mol. The summed E-state index contributed by atoms with van der Waals surface area (Å²) in [7, 11) is -3.21. The molecular weight excluding hydrogens is 300 g/mol. The van der Waals surface area contributed by atoms with E-state index in [-0.39, 0.29) is 4.90 Å². The topological polar surface area (TPSA) is 72.2 Å². The number of benzene rings is 1. The Balaban J connectivity index is 1.98. The largest absolute Gasteiger partial charge is 0.382 e. The molecule has 1 aromatic carbocycles. The van der Waals surface area contributed by atoms with Crippen molar-refractivity contribution in [1.82, 2.24) is 9.55 Å². The predicted octanol–water partition coefficient (Wildman–Crippen LogP) is 2.43. The van der Waals surface area contributed by atoms with Gasteiger partial charge in [-0.25, -0.2) is 13.4 Å². The van der Waals surface area contributed by atoms with E-state index in [0.717, 1.165) is 24.9 Å². The number of hydrogen-bond acceptors (Lipinski definition) is 4. The normalized spacial score (nSPS) is 18.3. The lowest BCUT2D eigenvalue weighted by Gasteiger charge is -2.31. The fourth-order valence-corrected chi connectivity index (χ4v) is 3.70. The molecule has 0 atom stereocenters. The molecule has 3 rings (SSSR count). The second kappa shape index (κ2) is 5.52. The minimum atomic E-state index is -3.21. The Bertz CT molecular complexity index is 757. The van der Waals surface area contributed by atoms with Crippen LogP contribution in [0.2, 0.25) is 0 Å². The molecule has 1 aliphatic carbocycles. The summed E-state index contributed by atoms with van der Waals surface area (Å²) in [6, 6.07) is 6.65. The molecule has 0 saturated heterocycles. The third-order valence-corrected chi connectivity index (χ3v) is 5.41. The summed E-state index contributed by atoms with van der Waals surface area (Å²) in [5.74, 6) is 0.638. The molecule has 0 spiro atoms. The van der Waals surface area contributed by atoms with E-state index in [4.69, 9.17) is 0 Å². The summed E-state index contributed by atoms with van der Waals surface area (Å²) in [5.41, 5.74) is -0.0871. The molecule has 0 bridgehead atoms. The molecule has 0 amide bonds. The van der Waals surface area contributed by atoms with Crippen molar-refractivity contribution in [1.29, 1.82) is 0 Å². The molecule has 1 heterocycles. The number of sulfone groups is 1. The first-order valence-corrected chi connectivity index (χ1v) is 9.36. The number of imidazole rings is 1. The Morgan fingerprint density at radius 2 is 1.77 bits per heavy atom. The van der Waals surface area contributed by atoms with Crippen molar-refractivity contribution in [3.63, 3.8) is 0 Å². The van der Waals surface area contributed by atoms with Crippen LogP contribution in [-0.4, -0.2) is 29.3 Å². The average Bonchev–Trinajstić information content (AvgIpc) is 2.97. The highest BCUT2D eigenvalue weighted by molar-refractivity contribution is 7.90. The number of rotatable bonds is 3. The van der Waals surface area contributed by atoms with Gasteiger partial charge in [-0.1, -0.05) is 19.3 Å². The number of aliphatic hydroxyl groups is 1. The van der Waals surface area contributed by atoms with Crippen LogP contribution in [0.4, 0.5) is 0 Å². The van der Waals surface area contributed by atoms with Gasteiger partial charge in [-0.2, -0.15) is 0 Å². The van der Waals surface area contributed by atoms with Gasteiger partial charge < -0.3 is 9.67 Å². The van der Waals surface area contributed by atoms with Crippen LogP contribution in [0.15, 0.2) is 41.6 Å². The van der Waals surface area contributed by atoms with Gasteiger partial charge in [0.1, 0.15) is 11.4 Å². The highest BCUT2D eigenvalue weighted by Crippen LogP contribution is 2.36. The van der Waals surface area contributed by atoms with Gasteiger partial charge in [0.05, 0.1) is 4.90 Å². The third-order valence-electron chi connectivity index (χ3n) is 4.28. The van der Waals surface area contributed by atoms with E-state index < -0.39 is 15.4 Å². The smallest absolute Gasteiger partial charge is 0.175 e. The molecule has 1 fully saturated rings. The molecule has 5 nitrogen and oxygen atoms in total. The van der Waals surface area contributed by atoms with Crippen LogP contribution >= 0.6 is 0 Å². The van der Waals surface area contributed by atoms with Gasteiger partial charge in [0.2, 0.25) is 0 Å². The average molecular weight is 320 g/mol. The summed E-state index contributed by atoms with van der Waals surface area (Å²) in [6.45, 7) is 0. The molecular formula is C16H20N2O3S. The Labute approximate surface area is 130 Å². The molecule has 0 radical (unpaired) electrons. The van der Waals surface area contributed by atoms with E-state index in [9.17, 15) is 13.5 Å². The van der Waals surface area contributed by atoms with Gasteiger partial charge in [-0.05, 0) is 37.1 Å². The molecule has 1 N–H and O–H groups in total. The lowest BCUT2D eigenvalue weighted by molar-refractivity contribution is -0.0101. The Morgan fingerprint density at radius 3 is 2.36 bits per heavy atom. The predicted molar refractivity (Wildman–Crippen MR) is 83.7 cm³/mol. The fraction of sp³-hybridized carbons (Fsp3) is 0.438. The van der Waals surface area contributed by atoms with Gasteiger partial charge in [0, 0.05) is 24.3 Å². The van der Waals surface area contributed by atoms with Crippen LogP contribution < -0.4 is 0 Å². The van der Waals surface area contributed by atoms with Crippen molar-refractivity contribution in [2.45, 2.75) is 42.6 Å². The van der Waals surface area contributed by atoms with Gasteiger partial charge in [0.25, 0.3) is 0 Å². The first-order valence-electron chi connectivity index (χ1n) is 7.47. The van der Waals surface area contributed by atoms with Crippen molar-refractivity contribution in [3.8, 4) is 5.69 Å². The highest BCUT2D eigenvalue weighted by atomic mass is 32.2. The van der Waals surface area contributed by atoms with Crippen LogP contribution in [0, 0.1) is 0 Å². The van der Waals surface area contributed by atoms with Gasteiger partial charge >= 0.3 is 0 Å². The SMILES string of the molecule is CS(=O)(=O)c1ccc(-n2ccnc2C2(O)CCCCC2)cc1. The lowest BCUT2D eigenvalue weighted by atomic mass is 9.84. The second-order valence-electron chi connectivity index (χ2n) is 5.98. The van der Waals surface area contributed by atoms with Crippen LogP contribution in [0.5, 0.6) is 0 Å². The van der Waals surface area contributed by atoms with Gasteiger partial charge in [-0.3, -0.25) is 0 Å². The van der Waals surface area contributed by atoms with Crippen molar-refractivity contribution >= 4 is 9.84 Å². The maximum absolute atomic E-state index is 11.5. The number of hydrogen-bond donors (Lipinski definition) is 1. The number of aromatic nitrogens is 2. The van der Waals surface area contributed by atoms with E-state index >= 15 is 0 Å². The van der Waals surface area contributed by atoms with E-state index in [1.54, 1.807) is 36.7 Å². The van der Waals surface area contributed by atoms with E-state index in [1.807, 2.05) is 4.57 Å². The summed E-state index contributed by atoms with van der Waals surface area (Å²) >= 11 is 0. The zero-order chi connectivity index (χ0) is 15.8. The van der Waals surface area contributed by atoms with Gasteiger partial charge in [0.15, 0.2) is 9.84 Å². The molecule has 1 aromatic heterocycles. The zero-order valence-corrected chi connectivity index (χ0v) is 13.4. The van der Waals surface area contributed by atoms with E-state index in [2.05, 4.69) is 4.98 Å². The Hall–Kier alpha value is -1.66. The van der Waals surface area contributed by atoms with Crippen molar-refractivity contribution in [3.05, 3.63) is 42.5 Å². The Kier molecular flexibility index (Phi) is 3.82. The van der Waals surface area contributed by atoms with Crippen LogP contribution in [0.25, 0.3) is 5.69 Å². The second-order valence-corrected chi connectivity index (χ2v) is 7.99. The van der Waals surface area contributed by atoms with Crippen molar-refractivity contribution in [2.75, 3.05) is 6.26 Å². The molecule has 6 heteroatoms. The highest BCUT2D eigenvalue weighted by Gasteiger charge is 2.35. The summed E-state index contributed by atoms with van der Waals surface area (Å²) in [5, 5.41) is 10.9. The van der Waals surface area contributed by atoms with Gasteiger partial charge in [-0.15, -0.1) is 0 Å². The minimum absolute atomic E-state index is 0.286. The molecule has 118 valence electrons. The number of nitrogens with zero attached hydrogens (tertiary/aromatic N) is 2. The standard InChI is InChI=1S/C16H20N2O3S/c1-22(20,21)14-7-5-13(6-8-14)18-12-11-17-15(18)16(19)9-3-2-4-10-16/h5-8,11-12,19H,2-4,9-10H2,1H3. The minimum Gasteiger partial charge on any atom is -0.382 e. The molecule has 1 saturated carbocycles. The molecule has 0 aliphatic heterocycles. The fourth-order valence-electron chi connectivity index (χ4n) is 3.07. The first kappa shape index (κ1) is 15.2. The zero-order valence-electron chi connectivity index (χ0n) is 12.6. The lowest BCUT2D eigenvalue weighted by Crippen LogP contribution is -2.31. The maximum Gasteiger partial charge on any atom is 0.175 e. The molecule has 2 aromatic rings. The third kappa shape index (κ3) is 2.80. The summed E-state index contributed by atoms with van der Waals surface area (Å²) in [6.07, 6.45) is 9.23. The first-order chi connectivity index (χ1) is 10.4. The molecule has 0 unspecified atom stereocenters. The summed E-state index contributed by atoms with van der Waals surface area (Å²) < 4.78 is 24.9.